The zero-order valence-electron chi connectivity index (χ0n) is 16.9. The summed E-state index contributed by atoms with van der Waals surface area (Å²) in [5, 5.41) is 4.22. The van der Waals surface area contributed by atoms with E-state index in [1.165, 1.54) is 11.3 Å². The molecule has 6 nitrogen and oxygen atoms in total. The summed E-state index contributed by atoms with van der Waals surface area (Å²) in [4.78, 5) is 11.1. The van der Waals surface area contributed by atoms with Gasteiger partial charge in [-0.15, -0.1) is 0 Å². The van der Waals surface area contributed by atoms with Gasteiger partial charge in [0.1, 0.15) is 0 Å². The van der Waals surface area contributed by atoms with E-state index in [9.17, 15) is 0 Å². The molecule has 1 aliphatic heterocycles. The lowest BCUT2D eigenvalue weighted by atomic mass is 9.97. The van der Waals surface area contributed by atoms with Gasteiger partial charge < -0.3 is 19.5 Å². The summed E-state index contributed by atoms with van der Waals surface area (Å²) in [6, 6.07) is 12.3. The lowest BCUT2D eigenvalue weighted by molar-refractivity contribution is 0.164. The summed E-state index contributed by atoms with van der Waals surface area (Å²) in [6.45, 7) is 5.60. The smallest absolute Gasteiger partial charge is 0.170 e. The normalized spacial score (nSPS) is 18.9. The number of methoxy groups -OCH3 is 1. The maximum absolute atomic E-state index is 5.70. The van der Waals surface area contributed by atoms with Crippen molar-refractivity contribution in [1.82, 2.24) is 24.8 Å². The Morgan fingerprint density at radius 3 is 2.72 bits per heavy atom. The Morgan fingerprint density at radius 1 is 1.17 bits per heavy atom. The highest BCUT2D eigenvalue weighted by Gasteiger charge is 2.41. The third-order valence-corrected chi connectivity index (χ3v) is 5.78. The van der Waals surface area contributed by atoms with E-state index in [2.05, 4.69) is 50.7 Å². The summed E-state index contributed by atoms with van der Waals surface area (Å²) in [7, 11) is 1.71. The second-order valence-corrected chi connectivity index (χ2v) is 7.57. The van der Waals surface area contributed by atoms with Crippen molar-refractivity contribution in [2.45, 2.75) is 25.9 Å². The van der Waals surface area contributed by atoms with Gasteiger partial charge in [-0.1, -0.05) is 6.07 Å². The van der Waals surface area contributed by atoms with E-state index in [0.717, 1.165) is 22.2 Å². The average Bonchev–Trinajstić information content (AvgIpc) is 3.23. The summed E-state index contributed by atoms with van der Waals surface area (Å²) in [5.41, 5.74) is 5.60. The van der Waals surface area contributed by atoms with Gasteiger partial charge in [0.05, 0.1) is 36.3 Å². The van der Waals surface area contributed by atoms with Gasteiger partial charge in [0.2, 0.25) is 0 Å². The van der Waals surface area contributed by atoms with Crippen molar-refractivity contribution in [1.29, 1.82) is 0 Å². The van der Waals surface area contributed by atoms with E-state index in [0.29, 0.717) is 13.2 Å². The predicted molar refractivity (Wildman–Crippen MR) is 117 cm³/mol. The molecule has 1 N–H and O–H groups in total. The molecule has 4 heterocycles. The number of aromatic nitrogens is 3. The molecule has 0 radical (unpaired) electrons. The molecular formula is C22H25N5OS. The van der Waals surface area contributed by atoms with Gasteiger partial charge in [0, 0.05) is 37.4 Å². The van der Waals surface area contributed by atoms with Gasteiger partial charge in [-0.25, -0.2) is 0 Å². The van der Waals surface area contributed by atoms with Crippen LogP contribution in [0.5, 0.6) is 0 Å². The number of nitrogens with zero attached hydrogens (tertiary/aromatic N) is 4. The highest BCUT2D eigenvalue weighted by atomic mass is 32.1. The zero-order valence-corrected chi connectivity index (χ0v) is 17.7. The quantitative estimate of drug-likeness (QED) is 0.631. The van der Waals surface area contributed by atoms with Gasteiger partial charge in [-0.05, 0) is 62.0 Å². The van der Waals surface area contributed by atoms with Gasteiger partial charge >= 0.3 is 0 Å². The highest BCUT2D eigenvalue weighted by molar-refractivity contribution is 7.80. The first-order chi connectivity index (χ1) is 14.1. The van der Waals surface area contributed by atoms with Crippen molar-refractivity contribution in [2.24, 2.45) is 0 Å². The van der Waals surface area contributed by atoms with Crippen LogP contribution in [-0.4, -0.2) is 44.8 Å². The first-order valence-corrected chi connectivity index (χ1v) is 10.1. The van der Waals surface area contributed by atoms with Crippen LogP contribution in [-0.2, 0) is 4.74 Å². The summed E-state index contributed by atoms with van der Waals surface area (Å²) < 4.78 is 7.59. The summed E-state index contributed by atoms with van der Waals surface area (Å²) in [5.74, 6) is 0. The SMILES string of the molecule is COCCN1C(=S)N[C@H](c2ccccn2)[C@@H]1c1cc(C)n(-c2cccnc2)c1C. The van der Waals surface area contributed by atoms with Gasteiger partial charge in [0.15, 0.2) is 5.11 Å². The molecule has 0 aromatic carbocycles. The molecule has 1 saturated heterocycles. The minimum Gasteiger partial charge on any atom is -0.383 e. The molecule has 7 heteroatoms. The fourth-order valence-corrected chi connectivity index (χ4v) is 4.48. The zero-order chi connectivity index (χ0) is 20.4. The minimum absolute atomic E-state index is 0.0246. The van der Waals surface area contributed by atoms with Crippen molar-refractivity contribution in [3.05, 3.63) is 77.6 Å². The van der Waals surface area contributed by atoms with Crippen LogP contribution in [0.4, 0.5) is 0 Å². The molecule has 0 unspecified atom stereocenters. The van der Waals surface area contributed by atoms with Crippen LogP contribution in [0.2, 0.25) is 0 Å². The monoisotopic (exact) mass is 407 g/mol. The van der Waals surface area contributed by atoms with Crippen molar-refractivity contribution in [3.8, 4) is 5.69 Å². The van der Waals surface area contributed by atoms with Crippen LogP contribution in [0.25, 0.3) is 5.69 Å². The molecule has 3 aromatic rings. The largest absolute Gasteiger partial charge is 0.383 e. The number of ether oxygens (including phenoxy) is 1. The molecular weight excluding hydrogens is 382 g/mol. The fourth-order valence-electron chi connectivity index (χ4n) is 4.14. The van der Waals surface area contributed by atoms with Crippen LogP contribution < -0.4 is 5.32 Å². The van der Waals surface area contributed by atoms with E-state index >= 15 is 0 Å². The Bertz CT molecular complexity index is 989. The van der Waals surface area contributed by atoms with Crippen molar-refractivity contribution >= 4 is 17.3 Å². The first-order valence-electron chi connectivity index (χ1n) is 9.68. The van der Waals surface area contributed by atoms with Crippen LogP contribution in [0, 0.1) is 13.8 Å². The molecule has 2 atom stereocenters. The Hall–Kier alpha value is -2.77. The summed E-state index contributed by atoms with van der Waals surface area (Å²) in [6.07, 6.45) is 5.51. The van der Waals surface area contributed by atoms with Crippen LogP contribution in [0.1, 0.15) is 34.7 Å². The number of nitrogens with one attached hydrogen (secondary N) is 1. The standard InChI is InChI=1S/C22H25N5OS/c1-15-13-18(16(2)27(15)17-7-6-9-23-14-17)21-20(19-8-4-5-10-24-19)25-22(29)26(21)11-12-28-3/h4-10,13-14,20-21H,11-12H2,1-3H3,(H,25,29)/t20-,21+/m1/s1. The number of hydrogen-bond donors (Lipinski definition) is 1. The summed E-state index contributed by atoms with van der Waals surface area (Å²) >= 11 is 5.70. The third kappa shape index (κ3) is 3.63. The number of hydrogen-bond acceptors (Lipinski definition) is 4. The van der Waals surface area contributed by atoms with Gasteiger partial charge in [0.25, 0.3) is 0 Å². The van der Waals surface area contributed by atoms with Crippen LogP contribution in [0.15, 0.2) is 55.0 Å². The van der Waals surface area contributed by atoms with E-state index < -0.39 is 0 Å². The molecule has 3 aromatic heterocycles. The molecule has 0 spiro atoms. The predicted octanol–water partition coefficient (Wildman–Crippen LogP) is 3.50. The lowest BCUT2D eigenvalue weighted by Crippen LogP contribution is -2.32. The number of aryl methyl sites for hydroxylation is 1. The topological polar surface area (TPSA) is 55.2 Å². The Balaban J connectivity index is 1.81. The Morgan fingerprint density at radius 2 is 2.03 bits per heavy atom. The molecule has 29 heavy (non-hydrogen) atoms. The van der Waals surface area contributed by atoms with E-state index in [1.807, 2.05) is 36.7 Å². The van der Waals surface area contributed by atoms with Crippen LogP contribution >= 0.6 is 12.2 Å². The second kappa shape index (κ2) is 8.31. The first kappa shape index (κ1) is 19.5. The molecule has 1 aliphatic rings. The lowest BCUT2D eigenvalue weighted by Gasteiger charge is -2.28. The fraction of sp³-hybridized carbons (Fsp3) is 0.318. The molecule has 4 rings (SSSR count). The molecule has 0 bridgehead atoms. The molecule has 150 valence electrons. The van der Waals surface area contributed by atoms with Crippen molar-refractivity contribution in [3.63, 3.8) is 0 Å². The van der Waals surface area contributed by atoms with E-state index in [-0.39, 0.29) is 12.1 Å². The van der Waals surface area contributed by atoms with Gasteiger partial charge in [-0.2, -0.15) is 0 Å². The van der Waals surface area contributed by atoms with E-state index in [4.69, 9.17) is 17.0 Å². The van der Waals surface area contributed by atoms with Gasteiger partial charge in [-0.3, -0.25) is 9.97 Å². The second-order valence-electron chi connectivity index (χ2n) is 7.19. The minimum atomic E-state index is -0.0246. The van der Waals surface area contributed by atoms with Crippen LogP contribution in [0.3, 0.4) is 0 Å². The maximum Gasteiger partial charge on any atom is 0.170 e. The average molecular weight is 408 g/mol. The van der Waals surface area contributed by atoms with Crippen molar-refractivity contribution < 1.29 is 4.74 Å². The number of thiocarbonyl (C=S) groups is 1. The maximum atomic E-state index is 5.70. The number of rotatable bonds is 6. The highest BCUT2D eigenvalue weighted by Crippen LogP contribution is 2.41. The molecule has 0 amide bonds. The molecule has 0 saturated carbocycles. The Labute approximate surface area is 176 Å². The van der Waals surface area contributed by atoms with Crippen molar-refractivity contribution in [2.75, 3.05) is 20.3 Å². The molecule has 1 fully saturated rings. The Kier molecular flexibility index (Phi) is 5.60. The molecule has 0 aliphatic carbocycles. The third-order valence-electron chi connectivity index (χ3n) is 5.43. The van der Waals surface area contributed by atoms with E-state index in [1.54, 1.807) is 13.3 Å². The number of pyridine rings is 2.